The molecule has 5 heteroatoms. The first-order valence-electron chi connectivity index (χ1n) is 7.68. The van der Waals surface area contributed by atoms with E-state index in [-0.39, 0.29) is 6.04 Å². The highest BCUT2D eigenvalue weighted by atomic mass is 16.5. The number of carbonyl (C=O) groups is 1. The average Bonchev–Trinajstić information content (AvgIpc) is 2.48. The molecule has 0 aromatic carbocycles. The number of rotatable bonds is 6. The van der Waals surface area contributed by atoms with E-state index in [0.29, 0.717) is 17.3 Å². The number of aromatic carboxylic acids is 1. The van der Waals surface area contributed by atoms with Crippen molar-refractivity contribution in [1.29, 1.82) is 0 Å². The van der Waals surface area contributed by atoms with Gasteiger partial charge in [0.25, 0.3) is 0 Å². The van der Waals surface area contributed by atoms with Gasteiger partial charge in [-0.3, -0.25) is 0 Å². The van der Waals surface area contributed by atoms with E-state index in [9.17, 15) is 9.90 Å². The molecule has 5 nitrogen and oxygen atoms in total. The summed E-state index contributed by atoms with van der Waals surface area (Å²) in [6.07, 6.45) is 3.82. The van der Waals surface area contributed by atoms with E-state index in [1.54, 1.807) is 12.1 Å². The molecule has 1 aliphatic heterocycles. The number of hydrogen-bond acceptors (Lipinski definition) is 4. The Labute approximate surface area is 125 Å². The molecule has 0 radical (unpaired) electrons. The molecular formula is C16H24N2O3. The van der Waals surface area contributed by atoms with Gasteiger partial charge in [0.1, 0.15) is 5.82 Å². The maximum atomic E-state index is 11.2. The summed E-state index contributed by atoms with van der Waals surface area (Å²) in [5.41, 5.74) is 1.13. The van der Waals surface area contributed by atoms with E-state index in [1.807, 2.05) is 0 Å². The lowest BCUT2D eigenvalue weighted by molar-refractivity contribution is 0.0622. The number of anilines is 1. The van der Waals surface area contributed by atoms with Crippen LogP contribution in [0.2, 0.25) is 0 Å². The van der Waals surface area contributed by atoms with Crippen molar-refractivity contribution in [3.8, 4) is 0 Å². The number of hydrogen-bond donors (Lipinski definition) is 2. The van der Waals surface area contributed by atoms with Crippen molar-refractivity contribution in [2.45, 2.75) is 45.6 Å². The van der Waals surface area contributed by atoms with Crippen LogP contribution >= 0.6 is 0 Å². The quantitative estimate of drug-likeness (QED) is 0.843. The first kappa shape index (κ1) is 15.8. The molecular weight excluding hydrogens is 268 g/mol. The molecule has 1 unspecified atom stereocenters. The third-order valence-corrected chi connectivity index (χ3v) is 3.98. The number of ether oxygens (including phenoxy) is 1. The third kappa shape index (κ3) is 4.43. The first-order chi connectivity index (χ1) is 10.1. The zero-order valence-electron chi connectivity index (χ0n) is 12.8. The molecule has 0 spiro atoms. The van der Waals surface area contributed by atoms with Crippen LogP contribution in [0.3, 0.4) is 0 Å². The Morgan fingerprint density at radius 2 is 2.19 bits per heavy atom. The minimum atomic E-state index is -0.906. The van der Waals surface area contributed by atoms with E-state index in [1.165, 1.54) is 0 Å². The van der Waals surface area contributed by atoms with Crippen LogP contribution < -0.4 is 5.32 Å². The number of carboxylic acids is 1. The molecule has 1 atom stereocenters. The Morgan fingerprint density at radius 3 is 2.81 bits per heavy atom. The Kier molecular flexibility index (Phi) is 5.56. The van der Waals surface area contributed by atoms with Crippen molar-refractivity contribution in [2.75, 3.05) is 18.5 Å². The summed E-state index contributed by atoms with van der Waals surface area (Å²) < 4.78 is 5.38. The van der Waals surface area contributed by atoms with Gasteiger partial charge in [0.05, 0.1) is 5.56 Å². The van der Waals surface area contributed by atoms with Gasteiger partial charge in [0, 0.05) is 24.9 Å². The fraction of sp³-hybridized carbons (Fsp3) is 0.625. The molecule has 2 heterocycles. The van der Waals surface area contributed by atoms with Crippen molar-refractivity contribution in [3.05, 3.63) is 23.4 Å². The van der Waals surface area contributed by atoms with E-state index in [2.05, 4.69) is 24.1 Å². The molecule has 1 aromatic rings. The van der Waals surface area contributed by atoms with Crippen LogP contribution in [-0.4, -0.2) is 35.3 Å². The SMILES string of the molecule is CCCc1cc(C(=O)O)cc(NC(C)C2CCOCC2)n1. The summed E-state index contributed by atoms with van der Waals surface area (Å²) in [5, 5.41) is 12.6. The maximum absolute atomic E-state index is 11.2. The number of pyridine rings is 1. The van der Waals surface area contributed by atoms with E-state index in [0.717, 1.165) is 44.6 Å². The second-order valence-electron chi connectivity index (χ2n) is 5.67. The molecule has 1 saturated heterocycles. The van der Waals surface area contributed by atoms with Crippen molar-refractivity contribution in [3.63, 3.8) is 0 Å². The predicted molar refractivity (Wildman–Crippen MR) is 81.8 cm³/mol. The lowest BCUT2D eigenvalue weighted by Gasteiger charge is -2.28. The number of aromatic nitrogens is 1. The highest BCUT2D eigenvalue weighted by Crippen LogP contribution is 2.22. The summed E-state index contributed by atoms with van der Waals surface area (Å²) in [4.78, 5) is 15.8. The molecule has 0 bridgehead atoms. The summed E-state index contributed by atoms with van der Waals surface area (Å²) in [7, 11) is 0. The molecule has 21 heavy (non-hydrogen) atoms. The van der Waals surface area contributed by atoms with Crippen molar-refractivity contribution >= 4 is 11.8 Å². The van der Waals surface area contributed by atoms with Crippen molar-refractivity contribution in [1.82, 2.24) is 4.98 Å². The topological polar surface area (TPSA) is 71.5 Å². The van der Waals surface area contributed by atoms with Gasteiger partial charge in [-0.25, -0.2) is 9.78 Å². The highest BCUT2D eigenvalue weighted by Gasteiger charge is 2.21. The van der Waals surface area contributed by atoms with Gasteiger partial charge < -0.3 is 15.2 Å². The highest BCUT2D eigenvalue weighted by molar-refractivity contribution is 5.88. The van der Waals surface area contributed by atoms with E-state index in [4.69, 9.17) is 4.74 Å². The summed E-state index contributed by atoms with van der Waals surface area (Å²) in [5.74, 6) is 0.303. The fourth-order valence-electron chi connectivity index (χ4n) is 2.74. The Balaban J connectivity index is 2.11. The Bertz CT molecular complexity index is 484. The van der Waals surface area contributed by atoms with E-state index >= 15 is 0 Å². The molecule has 0 saturated carbocycles. The fourth-order valence-corrected chi connectivity index (χ4v) is 2.74. The van der Waals surface area contributed by atoms with Gasteiger partial charge in [-0.15, -0.1) is 0 Å². The predicted octanol–water partition coefficient (Wildman–Crippen LogP) is 2.96. The van der Waals surface area contributed by atoms with Crippen LogP contribution in [0, 0.1) is 5.92 Å². The van der Waals surface area contributed by atoms with Gasteiger partial charge in [-0.05, 0) is 44.2 Å². The maximum Gasteiger partial charge on any atom is 0.335 e. The monoisotopic (exact) mass is 292 g/mol. The summed E-state index contributed by atoms with van der Waals surface area (Å²) in [6.45, 7) is 5.80. The number of nitrogens with one attached hydrogen (secondary N) is 1. The zero-order valence-corrected chi connectivity index (χ0v) is 12.8. The number of nitrogens with zero attached hydrogens (tertiary/aromatic N) is 1. The van der Waals surface area contributed by atoms with Gasteiger partial charge in [0.2, 0.25) is 0 Å². The zero-order chi connectivity index (χ0) is 15.2. The number of carboxylic acid groups (broad SMARTS) is 1. The lowest BCUT2D eigenvalue weighted by atomic mass is 9.93. The number of aryl methyl sites for hydroxylation is 1. The molecule has 2 N–H and O–H groups in total. The molecule has 1 aromatic heterocycles. The Hall–Kier alpha value is -1.62. The van der Waals surface area contributed by atoms with Crippen LogP contribution in [-0.2, 0) is 11.2 Å². The lowest BCUT2D eigenvalue weighted by Crippen LogP contribution is -2.31. The molecule has 116 valence electrons. The van der Waals surface area contributed by atoms with Crippen LogP contribution in [0.25, 0.3) is 0 Å². The van der Waals surface area contributed by atoms with Crippen molar-refractivity contribution in [2.24, 2.45) is 5.92 Å². The van der Waals surface area contributed by atoms with Gasteiger partial charge >= 0.3 is 5.97 Å². The standard InChI is InChI=1S/C16H24N2O3/c1-3-4-14-9-13(16(19)20)10-15(18-14)17-11(2)12-5-7-21-8-6-12/h9-12H,3-8H2,1-2H3,(H,17,18)(H,19,20). The van der Waals surface area contributed by atoms with Gasteiger partial charge in [0.15, 0.2) is 0 Å². The van der Waals surface area contributed by atoms with Crippen LogP contribution in [0.4, 0.5) is 5.82 Å². The molecule has 2 rings (SSSR count). The molecule has 1 aliphatic rings. The largest absolute Gasteiger partial charge is 0.478 e. The summed E-state index contributed by atoms with van der Waals surface area (Å²) >= 11 is 0. The van der Waals surface area contributed by atoms with Crippen molar-refractivity contribution < 1.29 is 14.6 Å². The molecule has 1 fully saturated rings. The van der Waals surface area contributed by atoms with Crippen LogP contribution in [0.5, 0.6) is 0 Å². The average molecular weight is 292 g/mol. The van der Waals surface area contributed by atoms with Crippen LogP contribution in [0.15, 0.2) is 12.1 Å². The minimum absolute atomic E-state index is 0.264. The second-order valence-corrected chi connectivity index (χ2v) is 5.67. The van der Waals surface area contributed by atoms with E-state index < -0.39 is 5.97 Å². The third-order valence-electron chi connectivity index (χ3n) is 3.98. The van der Waals surface area contributed by atoms with Crippen LogP contribution in [0.1, 0.15) is 49.2 Å². The van der Waals surface area contributed by atoms with Gasteiger partial charge in [-0.2, -0.15) is 0 Å². The van der Waals surface area contributed by atoms with Gasteiger partial charge in [-0.1, -0.05) is 13.3 Å². The normalized spacial score (nSPS) is 17.4. The molecule has 0 amide bonds. The molecule has 0 aliphatic carbocycles. The summed E-state index contributed by atoms with van der Waals surface area (Å²) in [6, 6.07) is 3.55. The second kappa shape index (κ2) is 7.41. The smallest absolute Gasteiger partial charge is 0.335 e. The first-order valence-corrected chi connectivity index (χ1v) is 7.68. The minimum Gasteiger partial charge on any atom is -0.478 e. The Morgan fingerprint density at radius 1 is 1.48 bits per heavy atom.